The fraction of sp³-hybridized carbons (Fsp3) is 0.500. The fourth-order valence-electron chi connectivity index (χ4n) is 1.29. The standard InChI is InChI=1S/C10H12F3NO4/c1-5-7(9(16)17)2-6(18-5)3-14-4-8(15)10(11,12)13/h2,8,14-15H,3-4H2,1H3,(H,16,17). The van der Waals surface area contributed by atoms with Gasteiger partial charge in [0, 0.05) is 6.54 Å². The van der Waals surface area contributed by atoms with E-state index < -0.39 is 24.8 Å². The number of carboxylic acid groups (broad SMARTS) is 1. The van der Waals surface area contributed by atoms with Crippen molar-refractivity contribution in [1.29, 1.82) is 0 Å². The van der Waals surface area contributed by atoms with Crippen LogP contribution in [-0.4, -0.2) is 35.0 Å². The highest BCUT2D eigenvalue weighted by molar-refractivity contribution is 5.88. The van der Waals surface area contributed by atoms with Gasteiger partial charge in [0.15, 0.2) is 6.10 Å². The van der Waals surface area contributed by atoms with Crippen LogP contribution in [0.5, 0.6) is 0 Å². The van der Waals surface area contributed by atoms with Crippen LogP contribution in [-0.2, 0) is 6.54 Å². The van der Waals surface area contributed by atoms with Gasteiger partial charge in [-0.3, -0.25) is 0 Å². The van der Waals surface area contributed by atoms with Gasteiger partial charge in [-0.05, 0) is 13.0 Å². The number of carbonyl (C=O) groups is 1. The third-order valence-corrected chi connectivity index (χ3v) is 2.21. The molecule has 1 atom stereocenters. The number of carboxylic acids is 1. The molecule has 1 rings (SSSR count). The predicted octanol–water partition coefficient (Wildman–Crippen LogP) is 1.30. The molecule has 0 saturated heterocycles. The number of aromatic carboxylic acids is 1. The molecule has 0 aromatic carbocycles. The van der Waals surface area contributed by atoms with E-state index in [0.717, 1.165) is 0 Å². The number of aliphatic hydroxyl groups excluding tert-OH is 1. The van der Waals surface area contributed by atoms with Gasteiger partial charge in [0.05, 0.1) is 6.54 Å². The molecule has 8 heteroatoms. The van der Waals surface area contributed by atoms with E-state index in [-0.39, 0.29) is 23.6 Å². The highest BCUT2D eigenvalue weighted by atomic mass is 19.4. The van der Waals surface area contributed by atoms with Crippen LogP contribution in [0, 0.1) is 6.92 Å². The number of hydrogen-bond donors (Lipinski definition) is 3. The van der Waals surface area contributed by atoms with Crippen LogP contribution in [0.2, 0.25) is 0 Å². The van der Waals surface area contributed by atoms with Gasteiger partial charge in [-0.2, -0.15) is 13.2 Å². The summed E-state index contributed by atoms with van der Waals surface area (Å²) in [5.41, 5.74) is -0.0387. The van der Waals surface area contributed by atoms with E-state index in [0.29, 0.717) is 0 Å². The molecular weight excluding hydrogens is 255 g/mol. The van der Waals surface area contributed by atoms with E-state index in [1.54, 1.807) is 0 Å². The van der Waals surface area contributed by atoms with Crippen molar-refractivity contribution in [2.45, 2.75) is 25.7 Å². The van der Waals surface area contributed by atoms with Crippen molar-refractivity contribution >= 4 is 5.97 Å². The first-order chi connectivity index (χ1) is 8.21. The minimum absolute atomic E-state index is 0.0387. The van der Waals surface area contributed by atoms with Crippen LogP contribution in [0.15, 0.2) is 10.5 Å². The molecule has 3 N–H and O–H groups in total. The molecule has 0 aliphatic heterocycles. The summed E-state index contributed by atoms with van der Waals surface area (Å²) in [5.74, 6) is -0.798. The van der Waals surface area contributed by atoms with Crippen molar-refractivity contribution in [1.82, 2.24) is 5.32 Å². The van der Waals surface area contributed by atoms with Crippen molar-refractivity contribution < 1.29 is 32.6 Å². The summed E-state index contributed by atoms with van der Waals surface area (Å²) in [6.07, 6.45) is -7.15. The maximum absolute atomic E-state index is 12.0. The lowest BCUT2D eigenvalue weighted by atomic mass is 10.2. The Kier molecular flexibility index (Phi) is 4.36. The largest absolute Gasteiger partial charge is 0.478 e. The third-order valence-electron chi connectivity index (χ3n) is 2.21. The van der Waals surface area contributed by atoms with Gasteiger partial charge >= 0.3 is 12.1 Å². The van der Waals surface area contributed by atoms with Gasteiger partial charge in [0.25, 0.3) is 0 Å². The van der Waals surface area contributed by atoms with Gasteiger partial charge in [0.1, 0.15) is 17.1 Å². The predicted molar refractivity (Wildman–Crippen MR) is 54.2 cm³/mol. The first kappa shape index (κ1) is 14.5. The Hall–Kier alpha value is -1.54. The zero-order valence-electron chi connectivity index (χ0n) is 9.41. The minimum atomic E-state index is -4.68. The highest BCUT2D eigenvalue weighted by Gasteiger charge is 2.37. The smallest absolute Gasteiger partial charge is 0.415 e. The molecule has 5 nitrogen and oxygen atoms in total. The monoisotopic (exact) mass is 267 g/mol. The first-order valence-corrected chi connectivity index (χ1v) is 5.00. The van der Waals surface area contributed by atoms with E-state index in [4.69, 9.17) is 14.6 Å². The Bertz CT molecular complexity index is 427. The lowest BCUT2D eigenvalue weighted by molar-refractivity contribution is -0.201. The van der Waals surface area contributed by atoms with E-state index in [1.807, 2.05) is 0 Å². The lowest BCUT2D eigenvalue weighted by Crippen LogP contribution is -2.38. The van der Waals surface area contributed by atoms with Gasteiger partial charge in [-0.25, -0.2) is 4.79 Å². The van der Waals surface area contributed by atoms with Crippen molar-refractivity contribution in [3.05, 3.63) is 23.2 Å². The molecular formula is C10H12F3NO4. The summed E-state index contributed by atoms with van der Waals surface area (Å²) >= 11 is 0. The number of aliphatic hydroxyl groups is 1. The van der Waals surface area contributed by atoms with Gasteiger partial charge in [-0.15, -0.1) is 0 Å². The summed E-state index contributed by atoms with van der Waals surface area (Å²) in [4.78, 5) is 10.7. The number of aryl methyl sites for hydroxylation is 1. The number of hydrogen-bond acceptors (Lipinski definition) is 4. The lowest BCUT2D eigenvalue weighted by Gasteiger charge is -2.14. The molecule has 0 amide bonds. The van der Waals surface area contributed by atoms with E-state index in [1.165, 1.54) is 13.0 Å². The number of rotatable bonds is 5. The topological polar surface area (TPSA) is 82.7 Å². The second-order valence-corrected chi connectivity index (χ2v) is 3.68. The Balaban J connectivity index is 2.50. The van der Waals surface area contributed by atoms with Crippen LogP contribution >= 0.6 is 0 Å². The number of nitrogens with one attached hydrogen (secondary N) is 1. The average molecular weight is 267 g/mol. The second kappa shape index (κ2) is 5.40. The molecule has 0 bridgehead atoms. The number of furan rings is 1. The number of alkyl halides is 3. The van der Waals surface area contributed by atoms with Crippen LogP contribution < -0.4 is 5.32 Å². The Labute approximate surface area is 100 Å². The summed E-state index contributed by atoms with van der Waals surface area (Å²) in [5, 5.41) is 19.8. The third kappa shape index (κ3) is 3.74. The Morgan fingerprint density at radius 1 is 1.56 bits per heavy atom. The molecule has 0 fully saturated rings. The molecule has 0 aliphatic rings. The van der Waals surface area contributed by atoms with E-state index in [9.17, 15) is 18.0 Å². The summed E-state index contributed by atoms with van der Waals surface area (Å²) in [7, 11) is 0. The Morgan fingerprint density at radius 3 is 2.61 bits per heavy atom. The van der Waals surface area contributed by atoms with Crippen LogP contribution in [0.1, 0.15) is 21.9 Å². The fourth-order valence-corrected chi connectivity index (χ4v) is 1.29. The van der Waals surface area contributed by atoms with E-state index >= 15 is 0 Å². The average Bonchev–Trinajstić information content (AvgIpc) is 2.58. The number of halogens is 3. The molecule has 0 saturated carbocycles. The summed E-state index contributed by atoms with van der Waals surface area (Å²) in [6.45, 7) is 0.657. The zero-order chi connectivity index (χ0) is 13.9. The van der Waals surface area contributed by atoms with Crippen molar-refractivity contribution in [3.8, 4) is 0 Å². The van der Waals surface area contributed by atoms with Gasteiger partial charge in [0.2, 0.25) is 0 Å². The normalized spacial score (nSPS) is 13.6. The molecule has 1 unspecified atom stereocenters. The van der Waals surface area contributed by atoms with Gasteiger partial charge in [-0.1, -0.05) is 0 Å². The molecule has 102 valence electrons. The van der Waals surface area contributed by atoms with Crippen LogP contribution in [0.3, 0.4) is 0 Å². The molecule has 18 heavy (non-hydrogen) atoms. The van der Waals surface area contributed by atoms with Crippen molar-refractivity contribution in [2.75, 3.05) is 6.54 Å². The molecule has 0 radical (unpaired) electrons. The molecule has 1 heterocycles. The Morgan fingerprint density at radius 2 is 2.17 bits per heavy atom. The zero-order valence-corrected chi connectivity index (χ0v) is 9.41. The molecule has 1 aromatic rings. The van der Waals surface area contributed by atoms with Crippen molar-refractivity contribution in [3.63, 3.8) is 0 Å². The molecule has 0 aliphatic carbocycles. The van der Waals surface area contributed by atoms with Crippen LogP contribution in [0.25, 0.3) is 0 Å². The highest BCUT2D eigenvalue weighted by Crippen LogP contribution is 2.19. The second-order valence-electron chi connectivity index (χ2n) is 3.68. The molecule has 1 aromatic heterocycles. The maximum Gasteiger partial charge on any atom is 0.415 e. The first-order valence-electron chi connectivity index (χ1n) is 5.00. The van der Waals surface area contributed by atoms with Gasteiger partial charge < -0.3 is 19.9 Å². The SMILES string of the molecule is Cc1oc(CNCC(O)C(F)(F)F)cc1C(=O)O. The minimum Gasteiger partial charge on any atom is -0.478 e. The quantitative estimate of drug-likeness (QED) is 0.749. The summed E-state index contributed by atoms with van der Waals surface area (Å²) < 4.78 is 40.9. The van der Waals surface area contributed by atoms with Crippen molar-refractivity contribution in [2.24, 2.45) is 0 Å². The van der Waals surface area contributed by atoms with Crippen LogP contribution in [0.4, 0.5) is 13.2 Å². The summed E-state index contributed by atoms with van der Waals surface area (Å²) in [6, 6.07) is 1.23. The van der Waals surface area contributed by atoms with E-state index in [2.05, 4.69) is 5.32 Å². The molecule has 0 spiro atoms. The maximum atomic E-state index is 12.0.